The lowest BCUT2D eigenvalue weighted by atomic mass is 10.3. The molecule has 1 aromatic heterocycles. The van der Waals surface area contributed by atoms with E-state index in [1.165, 1.54) is 16.7 Å². The van der Waals surface area contributed by atoms with Crippen LogP contribution < -0.4 is 0 Å². The highest BCUT2D eigenvalue weighted by atomic mass is 79.9. The molecule has 1 fully saturated rings. The molecule has 0 radical (unpaired) electrons. The number of rotatable bonds is 7. The highest BCUT2D eigenvalue weighted by Gasteiger charge is 2.34. The van der Waals surface area contributed by atoms with Crippen LogP contribution in [0.3, 0.4) is 0 Å². The molecular formula is C18H15BrClNO4S2. The topological polar surface area (TPSA) is 59.8 Å². The smallest absolute Gasteiger partial charge is 0.293 e. The van der Waals surface area contributed by atoms with Crippen molar-refractivity contribution in [2.75, 3.05) is 20.3 Å². The fourth-order valence-corrected chi connectivity index (χ4v) is 4.61. The Balaban J connectivity index is 1.73. The van der Waals surface area contributed by atoms with Gasteiger partial charge in [0, 0.05) is 36.3 Å². The van der Waals surface area contributed by atoms with Gasteiger partial charge in [0.2, 0.25) is 0 Å². The zero-order chi connectivity index (χ0) is 19.4. The molecule has 9 heteroatoms. The van der Waals surface area contributed by atoms with Gasteiger partial charge in [-0.2, -0.15) is 0 Å². The first kappa shape index (κ1) is 20.5. The second kappa shape index (κ2) is 9.34. The molecule has 5 nitrogen and oxygen atoms in total. The fourth-order valence-electron chi connectivity index (χ4n) is 2.31. The van der Waals surface area contributed by atoms with Crippen molar-refractivity contribution in [2.24, 2.45) is 0 Å². The number of nitrogens with zero attached hydrogens (tertiary/aromatic N) is 1. The summed E-state index contributed by atoms with van der Waals surface area (Å²) in [6.07, 6.45) is 2.20. The zero-order valence-electron chi connectivity index (χ0n) is 14.2. The van der Waals surface area contributed by atoms with E-state index in [1.54, 1.807) is 31.4 Å². The number of methoxy groups -OCH3 is 1. The largest absolute Gasteiger partial charge is 0.449 e. The van der Waals surface area contributed by atoms with Gasteiger partial charge in [0.25, 0.3) is 11.1 Å². The summed E-state index contributed by atoms with van der Waals surface area (Å²) in [7, 11) is 1.59. The van der Waals surface area contributed by atoms with Gasteiger partial charge in [0.1, 0.15) is 5.76 Å². The minimum atomic E-state index is -0.305. The van der Waals surface area contributed by atoms with Crippen LogP contribution in [0, 0.1) is 0 Å². The summed E-state index contributed by atoms with van der Waals surface area (Å²) in [6, 6.07) is 9.18. The molecule has 0 atom stereocenters. The minimum Gasteiger partial charge on any atom is -0.449 e. The van der Waals surface area contributed by atoms with Crippen LogP contribution in [0.1, 0.15) is 12.2 Å². The van der Waals surface area contributed by atoms with Gasteiger partial charge in [-0.1, -0.05) is 23.4 Å². The number of furan rings is 1. The van der Waals surface area contributed by atoms with E-state index in [4.69, 9.17) is 20.8 Å². The van der Waals surface area contributed by atoms with Crippen LogP contribution in [-0.2, 0) is 9.53 Å². The van der Waals surface area contributed by atoms with E-state index in [-0.39, 0.29) is 11.1 Å². The lowest BCUT2D eigenvalue weighted by molar-refractivity contribution is -0.122. The molecule has 2 amide bonds. The lowest BCUT2D eigenvalue weighted by Crippen LogP contribution is -2.29. The number of imide groups is 1. The van der Waals surface area contributed by atoms with E-state index >= 15 is 0 Å². The predicted molar refractivity (Wildman–Crippen MR) is 111 cm³/mol. The standard InChI is InChI=1S/C18H15BrClNO4S2/c1-24-8-2-7-21-16(22)15(27-18(21)23)10-12-9-14(19)17(25-12)26-13-5-3-11(20)4-6-13/h3-6,9-10H,2,7-8H2,1H3. The Morgan fingerprint density at radius 1 is 1.33 bits per heavy atom. The number of ether oxygens (including phenoxy) is 1. The maximum Gasteiger partial charge on any atom is 0.293 e. The first-order valence-corrected chi connectivity index (χ1v) is 10.8. The molecule has 2 aromatic rings. The first-order chi connectivity index (χ1) is 13.0. The Morgan fingerprint density at radius 2 is 2.07 bits per heavy atom. The third kappa shape index (κ3) is 5.20. The van der Waals surface area contributed by atoms with Gasteiger partial charge >= 0.3 is 0 Å². The SMILES string of the molecule is COCCCN1C(=O)SC(=Cc2cc(Br)c(Sc3ccc(Cl)cc3)o2)C1=O. The van der Waals surface area contributed by atoms with Gasteiger partial charge in [-0.05, 0) is 64.4 Å². The van der Waals surface area contributed by atoms with E-state index in [0.717, 1.165) is 21.1 Å². The molecule has 142 valence electrons. The Bertz CT molecular complexity index is 882. The van der Waals surface area contributed by atoms with E-state index in [0.29, 0.717) is 40.4 Å². The monoisotopic (exact) mass is 487 g/mol. The summed E-state index contributed by atoms with van der Waals surface area (Å²) in [5.41, 5.74) is 0. The molecule has 0 N–H and O–H groups in total. The van der Waals surface area contributed by atoms with Gasteiger partial charge in [0.05, 0.1) is 9.38 Å². The van der Waals surface area contributed by atoms with Crippen molar-refractivity contribution in [3.05, 3.63) is 50.5 Å². The van der Waals surface area contributed by atoms with E-state index in [9.17, 15) is 9.59 Å². The summed E-state index contributed by atoms with van der Waals surface area (Å²) < 4.78 is 11.6. The number of benzene rings is 1. The van der Waals surface area contributed by atoms with Crippen LogP contribution in [0.15, 0.2) is 54.1 Å². The summed E-state index contributed by atoms with van der Waals surface area (Å²) in [5, 5.41) is 1.05. The quantitative estimate of drug-likeness (QED) is 0.356. The van der Waals surface area contributed by atoms with Gasteiger partial charge in [-0.3, -0.25) is 14.5 Å². The molecule has 1 saturated heterocycles. The van der Waals surface area contributed by atoms with Gasteiger partial charge < -0.3 is 9.15 Å². The second-order valence-electron chi connectivity index (χ2n) is 5.52. The van der Waals surface area contributed by atoms with Crippen LogP contribution in [0.2, 0.25) is 5.02 Å². The molecule has 1 aliphatic rings. The molecule has 0 saturated carbocycles. The predicted octanol–water partition coefficient (Wildman–Crippen LogP) is 5.92. The summed E-state index contributed by atoms with van der Waals surface area (Å²) in [4.78, 5) is 27.0. The van der Waals surface area contributed by atoms with Crippen molar-refractivity contribution in [2.45, 2.75) is 16.4 Å². The normalized spacial score (nSPS) is 16.0. The average Bonchev–Trinajstić information content (AvgIpc) is 3.11. The highest BCUT2D eigenvalue weighted by Crippen LogP contribution is 2.38. The number of halogens is 2. The molecule has 2 heterocycles. The summed E-state index contributed by atoms with van der Waals surface area (Å²) in [5.74, 6) is 0.196. The number of hydrogen-bond acceptors (Lipinski definition) is 6. The number of amides is 2. The second-order valence-corrected chi connectivity index (χ2v) is 8.85. The van der Waals surface area contributed by atoms with Crippen molar-refractivity contribution in [3.8, 4) is 0 Å². The number of carbonyl (C=O) groups excluding carboxylic acids is 2. The number of hydrogen-bond donors (Lipinski definition) is 0. The van der Waals surface area contributed by atoms with E-state index < -0.39 is 0 Å². The Kier molecular flexibility index (Phi) is 7.10. The molecule has 27 heavy (non-hydrogen) atoms. The highest BCUT2D eigenvalue weighted by molar-refractivity contribution is 9.10. The van der Waals surface area contributed by atoms with E-state index in [2.05, 4.69) is 15.9 Å². The molecule has 0 spiro atoms. The summed E-state index contributed by atoms with van der Waals surface area (Å²) >= 11 is 11.7. The Morgan fingerprint density at radius 3 is 2.78 bits per heavy atom. The van der Waals surface area contributed by atoms with Crippen LogP contribution in [0.5, 0.6) is 0 Å². The molecule has 0 unspecified atom stereocenters. The lowest BCUT2D eigenvalue weighted by Gasteiger charge is -2.11. The van der Waals surface area contributed by atoms with Crippen LogP contribution in [0.4, 0.5) is 4.79 Å². The number of thioether (sulfide) groups is 1. The fraction of sp³-hybridized carbons (Fsp3) is 0.222. The maximum atomic E-state index is 12.4. The van der Waals surface area contributed by atoms with Gasteiger partial charge in [0.15, 0.2) is 5.09 Å². The molecular weight excluding hydrogens is 474 g/mol. The van der Waals surface area contributed by atoms with Crippen molar-refractivity contribution >= 4 is 68.3 Å². The average molecular weight is 489 g/mol. The first-order valence-electron chi connectivity index (χ1n) is 7.95. The Labute approximate surface area is 178 Å². The van der Waals surface area contributed by atoms with Crippen LogP contribution >= 0.6 is 51.1 Å². The molecule has 1 aromatic carbocycles. The molecule has 0 aliphatic carbocycles. The molecule has 0 bridgehead atoms. The van der Waals surface area contributed by atoms with Crippen LogP contribution in [0.25, 0.3) is 6.08 Å². The minimum absolute atomic E-state index is 0.274. The third-order valence-electron chi connectivity index (χ3n) is 3.58. The summed E-state index contributed by atoms with van der Waals surface area (Å²) in [6.45, 7) is 0.840. The van der Waals surface area contributed by atoms with Crippen molar-refractivity contribution in [3.63, 3.8) is 0 Å². The van der Waals surface area contributed by atoms with Crippen LogP contribution in [-0.4, -0.2) is 36.3 Å². The van der Waals surface area contributed by atoms with E-state index in [1.807, 2.05) is 12.1 Å². The van der Waals surface area contributed by atoms with Crippen molar-refractivity contribution in [1.82, 2.24) is 4.90 Å². The molecule has 3 rings (SSSR count). The zero-order valence-corrected chi connectivity index (χ0v) is 18.2. The van der Waals surface area contributed by atoms with Crippen molar-refractivity contribution < 1.29 is 18.7 Å². The van der Waals surface area contributed by atoms with Gasteiger partial charge in [-0.15, -0.1) is 0 Å². The Hall–Kier alpha value is -1.19. The number of carbonyl (C=O) groups is 2. The molecule has 1 aliphatic heterocycles. The third-order valence-corrected chi connectivity index (χ3v) is 6.58. The van der Waals surface area contributed by atoms with Crippen molar-refractivity contribution in [1.29, 1.82) is 0 Å². The maximum absolute atomic E-state index is 12.4. The van der Waals surface area contributed by atoms with Gasteiger partial charge in [-0.25, -0.2) is 0 Å².